The summed E-state index contributed by atoms with van der Waals surface area (Å²) >= 11 is 0. The second-order valence-electron chi connectivity index (χ2n) is 13.7. The average molecular weight is 759 g/mol. The van der Waals surface area contributed by atoms with Crippen molar-refractivity contribution in [3.8, 4) is 0 Å². The predicted octanol–water partition coefficient (Wildman–Crippen LogP) is 2.13. The molecule has 288 valence electrons. The maximum Gasteiger partial charge on any atom is 0.291 e. The van der Waals surface area contributed by atoms with Gasteiger partial charge in [0, 0.05) is 51.2 Å². The molecule has 6 aromatic rings. The number of carbonyl (C=O) groups excluding carboxylic acids is 4. The standard InChI is InChI=1S/2C19H21N7O2/c2*1-12-11-20-26-9-8-14(19(28)25(2)18(12)26)21-17(27)16-22-15(23-24-16)10-13-6-4-3-5-7-13/h2*3-7,11,14H,8-10H2,1-2H3,(H,21,27)(H,22,23,24)/t2*14-/m10/s1. The lowest BCUT2D eigenvalue weighted by molar-refractivity contribution is -0.120. The largest absolute Gasteiger partial charge is 0.337 e. The molecule has 0 saturated heterocycles. The highest BCUT2D eigenvalue weighted by Gasteiger charge is 2.33. The molecular formula is C38H42N14O4. The highest BCUT2D eigenvalue weighted by atomic mass is 16.2. The summed E-state index contributed by atoms with van der Waals surface area (Å²) in [6.07, 6.45) is 5.47. The van der Waals surface area contributed by atoms with Gasteiger partial charge in [-0.3, -0.25) is 39.2 Å². The molecule has 0 unspecified atom stereocenters. The molecule has 0 aliphatic carbocycles. The van der Waals surface area contributed by atoms with Gasteiger partial charge in [-0.1, -0.05) is 60.7 Å². The number of fused-ring (bicyclic) bond motifs is 2. The molecule has 2 aliphatic rings. The molecule has 18 nitrogen and oxygen atoms in total. The second kappa shape index (κ2) is 16.2. The smallest absolute Gasteiger partial charge is 0.291 e. The van der Waals surface area contributed by atoms with Crippen LogP contribution in [0.4, 0.5) is 11.6 Å². The number of carbonyl (C=O) groups is 4. The van der Waals surface area contributed by atoms with Gasteiger partial charge in [0.1, 0.15) is 35.4 Å². The molecule has 0 bridgehead atoms. The van der Waals surface area contributed by atoms with Gasteiger partial charge < -0.3 is 10.6 Å². The molecule has 18 heteroatoms. The molecule has 2 aliphatic heterocycles. The van der Waals surface area contributed by atoms with Crippen LogP contribution in [-0.2, 0) is 35.5 Å². The summed E-state index contributed by atoms with van der Waals surface area (Å²) in [5.41, 5.74) is 3.97. The summed E-state index contributed by atoms with van der Waals surface area (Å²) in [7, 11) is 3.39. The molecule has 4 N–H and O–H groups in total. The Morgan fingerprint density at radius 1 is 0.661 bits per heavy atom. The summed E-state index contributed by atoms with van der Waals surface area (Å²) in [6, 6.07) is 18.3. The molecule has 0 saturated carbocycles. The van der Waals surface area contributed by atoms with Crippen LogP contribution in [0.1, 0.15) is 68.0 Å². The van der Waals surface area contributed by atoms with E-state index in [9.17, 15) is 19.2 Å². The number of nitrogens with zero attached hydrogens (tertiary/aromatic N) is 10. The third kappa shape index (κ3) is 8.08. The molecule has 2 aromatic carbocycles. The number of likely N-dealkylation sites (N-methyl/N-ethyl adjacent to an activating group) is 2. The Balaban J connectivity index is 0.000000172. The normalized spacial score (nSPS) is 16.6. The van der Waals surface area contributed by atoms with Crippen molar-refractivity contribution in [1.82, 2.24) is 60.6 Å². The van der Waals surface area contributed by atoms with Crippen LogP contribution in [-0.4, -0.2) is 99.7 Å². The van der Waals surface area contributed by atoms with E-state index in [1.165, 1.54) is 0 Å². The first-order valence-corrected chi connectivity index (χ1v) is 18.2. The number of nitrogens with one attached hydrogen (secondary N) is 4. The van der Waals surface area contributed by atoms with E-state index in [2.05, 4.69) is 51.2 Å². The molecule has 2 atom stereocenters. The van der Waals surface area contributed by atoms with Crippen LogP contribution < -0.4 is 20.4 Å². The van der Waals surface area contributed by atoms with E-state index < -0.39 is 23.9 Å². The quantitative estimate of drug-likeness (QED) is 0.177. The van der Waals surface area contributed by atoms with Gasteiger partial charge in [-0.15, -0.1) is 10.2 Å². The van der Waals surface area contributed by atoms with Crippen molar-refractivity contribution in [2.24, 2.45) is 0 Å². The Morgan fingerprint density at radius 3 is 1.45 bits per heavy atom. The maximum atomic E-state index is 12.8. The zero-order valence-corrected chi connectivity index (χ0v) is 31.4. The monoisotopic (exact) mass is 758 g/mol. The zero-order valence-electron chi connectivity index (χ0n) is 31.4. The van der Waals surface area contributed by atoms with Crippen molar-refractivity contribution in [3.63, 3.8) is 0 Å². The molecule has 0 spiro atoms. The first-order chi connectivity index (χ1) is 27.0. The number of anilines is 2. The first-order valence-electron chi connectivity index (χ1n) is 18.2. The van der Waals surface area contributed by atoms with E-state index in [1.54, 1.807) is 45.7 Å². The number of aromatic amines is 2. The fourth-order valence-corrected chi connectivity index (χ4v) is 6.82. The summed E-state index contributed by atoms with van der Waals surface area (Å²) in [4.78, 5) is 62.3. The average Bonchev–Trinajstić information content (AvgIpc) is 4.00. The predicted molar refractivity (Wildman–Crippen MR) is 204 cm³/mol. The number of amides is 4. The van der Waals surface area contributed by atoms with Crippen LogP contribution in [0.3, 0.4) is 0 Å². The van der Waals surface area contributed by atoms with Crippen molar-refractivity contribution in [2.45, 2.75) is 64.7 Å². The van der Waals surface area contributed by atoms with Gasteiger partial charge in [0.25, 0.3) is 23.6 Å². The van der Waals surface area contributed by atoms with E-state index in [4.69, 9.17) is 0 Å². The zero-order chi connectivity index (χ0) is 39.3. The molecule has 0 fully saturated rings. The van der Waals surface area contributed by atoms with Crippen molar-refractivity contribution >= 4 is 35.3 Å². The van der Waals surface area contributed by atoms with E-state index in [-0.39, 0.29) is 23.5 Å². The summed E-state index contributed by atoms with van der Waals surface area (Å²) in [6.45, 7) is 4.89. The molecule has 0 radical (unpaired) electrons. The second-order valence-corrected chi connectivity index (χ2v) is 13.7. The van der Waals surface area contributed by atoms with Crippen LogP contribution in [0.15, 0.2) is 73.1 Å². The fourth-order valence-electron chi connectivity index (χ4n) is 6.82. The van der Waals surface area contributed by atoms with E-state index >= 15 is 0 Å². The maximum absolute atomic E-state index is 12.8. The minimum atomic E-state index is -0.658. The Hall–Kier alpha value is -6.98. The lowest BCUT2D eigenvalue weighted by Gasteiger charge is -2.20. The number of rotatable bonds is 8. The van der Waals surface area contributed by atoms with E-state index in [1.807, 2.05) is 74.5 Å². The van der Waals surface area contributed by atoms with Crippen molar-refractivity contribution in [2.75, 3.05) is 23.9 Å². The number of hydrogen-bond acceptors (Lipinski definition) is 10. The Kier molecular flexibility index (Phi) is 10.8. The number of H-pyrrole nitrogens is 2. The van der Waals surface area contributed by atoms with Crippen molar-refractivity contribution < 1.29 is 19.2 Å². The minimum absolute atomic E-state index is 0.0274. The third-order valence-electron chi connectivity index (χ3n) is 9.64. The molecular weight excluding hydrogens is 717 g/mol. The van der Waals surface area contributed by atoms with Gasteiger partial charge in [0.05, 0.1) is 12.4 Å². The van der Waals surface area contributed by atoms with Crippen molar-refractivity contribution in [1.29, 1.82) is 0 Å². The molecule has 8 rings (SSSR count). The Bertz CT molecular complexity index is 2180. The molecule has 4 aromatic heterocycles. The van der Waals surface area contributed by atoms with Crippen molar-refractivity contribution in [3.05, 3.63) is 119 Å². The van der Waals surface area contributed by atoms with Crippen LogP contribution in [0.2, 0.25) is 0 Å². The van der Waals surface area contributed by atoms with E-state index in [0.717, 1.165) is 33.9 Å². The van der Waals surface area contributed by atoms with Gasteiger partial charge in [0.15, 0.2) is 0 Å². The SMILES string of the molecule is Cc1cnn2c1N(C)C(=O)[C@@H](NC(=O)c1n[nH]c(Cc3ccccc3)n1)CC2.Cc1cnn2c1N(C)C(=O)[C@H](NC(=O)c1n[nH]c(Cc3ccccc3)n1)CC2. The van der Waals surface area contributed by atoms with Crippen LogP contribution in [0.25, 0.3) is 0 Å². The Labute approximate surface area is 321 Å². The topological polar surface area (TPSA) is 218 Å². The number of hydrogen-bond donors (Lipinski definition) is 4. The third-order valence-corrected chi connectivity index (χ3v) is 9.64. The number of aromatic nitrogens is 10. The van der Waals surface area contributed by atoms with E-state index in [0.29, 0.717) is 50.4 Å². The summed E-state index contributed by atoms with van der Waals surface area (Å²) in [5.74, 6) is 1.44. The van der Waals surface area contributed by atoms with Gasteiger partial charge in [0.2, 0.25) is 11.6 Å². The minimum Gasteiger partial charge on any atom is -0.337 e. The van der Waals surface area contributed by atoms with Gasteiger partial charge in [-0.25, -0.2) is 19.3 Å². The highest BCUT2D eigenvalue weighted by molar-refractivity contribution is 6.02. The molecule has 4 amide bonds. The van der Waals surface area contributed by atoms with Gasteiger partial charge >= 0.3 is 0 Å². The van der Waals surface area contributed by atoms with Crippen LogP contribution in [0.5, 0.6) is 0 Å². The molecule has 56 heavy (non-hydrogen) atoms. The summed E-state index contributed by atoms with van der Waals surface area (Å²) in [5, 5.41) is 27.7. The Morgan fingerprint density at radius 2 is 1.05 bits per heavy atom. The summed E-state index contributed by atoms with van der Waals surface area (Å²) < 4.78 is 3.56. The highest BCUT2D eigenvalue weighted by Crippen LogP contribution is 2.24. The van der Waals surface area contributed by atoms with Crippen LogP contribution >= 0.6 is 0 Å². The lowest BCUT2D eigenvalue weighted by atomic mass is 10.1. The fraction of sp³-hybridized carbons (Fsp3) is 0.316. The lowest BCUT2D eigenvalue weighted by Crippen LogP contribution is -2.47. The van der Waals surface area contributed by atoms with Gasteiger partial charge in [-0.05, 0) is 37.8 Å². The molecule has 6 heterocycles. The van der Waals surface area contributed by atoms with Crippen LogP contribution in [0, 0.1) is 13.8 Å². The first kappa shape index (κ1) is 37.3. The van der Waals surface area contributed by atoms with Gasteiger partial charge in [-0.2, -0.15) is 10.2 Å². The number of benzene rings is 2. The number of aryl methyl sites for hydroxylation is 4.